The molecule has 2 atom stereocenters. The van der Waals surface area contributed by atoms with E-state index in [0.717, 1.165) is 24.9 Å². The molecule has 0 aromatic heterocycles. The summed E-state index contributed by atoms with van der Waals surface area (Å²) < 4.78 is 4.64. The van der Waals surface area contributed by atoms with Crippen molar-refractivity contribution in [1.29, 1.82) is 0 Å². The highest BCUT2D eigenvalue weighted by Crippen LogP contribution is 2.40. The Labute approximate surface area is 102 Å². The molecular formula is C12H20O3S. The maximum absolute atomic E-state index is 11.9. The molecule has 0 amide bonds. The van der Waals surface area contributed by atoms with E-state index in [1.54, 1.807) is 0 Å². The molecular weight excluding hydrogens is 224 g/mol. The Kier molecular flexibility index (Phi) is 4.42. The molecule has 0 heterocycles. The summed E-state index contributed by atoms with van der Waals surface area (Å²) in [6, 6.07) is 0. The van der Waals surface area contributed by atoms with E-state index in [9.17, 15) is 9.59 Å². The molecule has 1 fully saturated rings. The molecule has 3 nitrogen and oxygen atoms in total. The van der Waals surface area contributed by atoms with Gasteiger partial charge in [0.1, 0.15) is 5.78 Å². The van der Waals surface area contributed by atoms with Crippen molar-refractivity contribution in [3.63, 3.8) is 0 Å². The normalized spacial score (nSPS) is 26.6. The van der Waals surface area contributed by atoms with Crippen LogP contribution in [0.3, 0.4) is 0 Å². The first-order valence-electron chi connectivity index (χ1n) is 5.72. The number of Topliss-reactive ketones (excluding diaryl/α,β-unsaturated/α-hetero) is 1. The van der Waals surface area contributed by atoms with Crippen LogP contribution in [0.15, 0.2) is 0 Å². The van der Waals surface area contributed by atoms with Crippen molar-refractivity contribution in [2.45, 2.75) is 51.7 Å². The van der Waals surface area contributed by atoms with Crippen molar-refractivity contribution in [3.05, 3.63) is 0 Å². The lowest BCUT2D eigenvalue weighted by Crippen LogP contribution is -2.38. The SMILES string of the molecule is CC(=O)OSC(C)(C)C1CCC(C)CC1=O. The highest BCUT2D eigenvalue weighted by molar-refractivity contribution is 7.96. The van der Waals surface area contributed by atoms with E-state index in [4.69, 9.17) is 4.18 Å². The van der Waals surface area contributed by atoms with Crippen molar-refractivity contribution >= 4 is 23.8 Å². The van der Waals surface area contributed by atoms with E-state index in [0.29, 0.717) is 18.1 Å². The van der Waals surface area contributed by atoms with Gasteiger partial charge in [-0.2, -0.15) is 0 Å². The van der Waals surface area contributed by atoms with Gasteiger partial charge in [0.15, 0.2) is 0 Å². The Morgan fingerprint density at radius 2 is 2.06 bits per heavy atom. The molecule has 2 unspecified atom stereocenters. The van der Waals surface area contributed by atoms with E-state index in [1.807, 2.05) is 13.8 Å². The average Bonchev–Trinajstić information content (AvgIpc) is 2.14. The smallest absolute Gasteiger partial charge is 0.314 e. The second-order valence-electron chi connectivity index (χ2n) is 5.17. The molecule has 0 aliphatic heterocycles. The first-order chi connectivity index (χ1) is 7.33. The lowest BCUT2D eigenvalue weighted by atomic mass is 9.76. The van der Waals surface area contributed by atoms with Gasteiger partial charge in [-0.3, -0.25) is 9.59 Å². The van der Waals surface area contributed by atoms with Gasteiger partial charge in [0.05, 0.1) is 16.8 Å². The van der Waals surface area contributed by atoms with Crippen molar-refractivity contribution < 1.29 is 13.8 Å². The van der Waals surface area contributed by atoms with Gasteiger partial charge in [0.25, 0.3) is 0 Å². The lowest BCUT2D eigenvalue weighted by Gasteiger charge is -2.35. The minimum Gasteiger partial charge on any atom is -0.391 e. The van der Waals surface area contributed by atoms with Crippen LogP contribution in [0.1, 0.15) is 47.0 Å². The van der Waals surface area contributed by atoms with Gasteiger partial charge < -0.3 is 4.18 Å². The van der Waals surface area contributed by atoms with E-state index in [1.165, 1.54) is 6.92 Å². The van der Waals surface area contributed by atoms with Crippen molar-refractivity contribution in [1.82, 2.24) is 0 Å². The van der Waals surface area contributed by atoms with Crippen LogP contribution in [0.2, 0.25) is 0 Å². The summed E-state index contributed by atoms with van der Waals surface area (Å²) in [5.74, 6) is 0.504. The predicted octanol–water partition coefficient (Wildman–Crippen LogP) is 2.98. The molecule has 1 saturated carbocycles. The molecule has 0 spiro atoms. The van der Waals surface area contributed by atoms with Crippen LogP contribution in [-0.4, -0.2) is 16.5 Å². The van der Waals surface area contributed by atoms with Crippen molar-refractivity contribution in [3.8, 4) is 0 Å². The third-order valence-corrected chi connectivity index (χ3v) is 4.13. The summed E-state index contributed by atoms with van der Waals surface area (Å²) in [5, 5.41) is 0. The van der Waals surface area contributed by atoms with E-state index in [2.05, 4.69) is 6.92 Å². The molecule has 0 saturated heterocycles. The summed E-state index contributed by atoms with van der Waals surface area (Å²) in [6.45, 7) is 7.44. The molecule has 0 aromatic carbocycles. The standard InChI is InChI=1S/C12H20O3S/c1-8-5-6-10(11(14)7-8)12(3,4)16-15-9(2)13/h8,10H,5-7H2,1-4H3. The van der Waals surface area contributed by atoms with Crippen LogP contribution in [-0.2, 0) is 13.8 Å². The van der Waals surface area contributed by atoms with Gasteiger partial charge in [-0.15, -0.1) is 0 Å². The van der Waals surface area contributed by atoms with Gasteiger partial charge >= 0.3 is 5.97 Å². The highest BCUT2D eigenvalue weighted by Gasteiger charge is 2.40. The quantitative estimate of drug-likeness (QED) is 0.716. The molecule has 0 bridgehead atoms. The lowest BCUT2D eigenvalue weighted by molar-refractivity contribution is -0.131. The minimum atomic E-state index is -0.317. The fraction of sp³-hybridized carbons (Fsp3) is 0.833. The number of carbonyl (C=O) groups excluding carboxylic acids is 2. The van der Waals surface area contributed by atoms with Crippen LogP contribution in [0.5, 0.6) is 0 Å². The van der Waals surface area contributed by atoms with Crippen LogP contribution >= 0.6 is 12.0 Å². The van der Waals surface area contributed by atoms with Crippen LogP contribution in [0.25, 0.3) is 0 Å². The Morgan fingerprint density at radius 1 is 1.44 bits per heavy atom. The van der Waals surface area contributed by atoms with Gasteiger partial charge in [-0.1, -0.05) is 6.92 Å². The summed E-state index contributed by atoms with van der Waals surface area (Å²) in [4.78, 5) is 22.7. The maximum atomic E-state index is 11.9. The van der Waals surface area contributed by atoms with E-state index in [-0.39, 0.29) is 16.6 Å². The van der Waals surface area contributed by atoms with Crippen LogP contribution < -0.4 is 0 Å². The first-order valence-corrected chi connectivity index (χ1v) is 6.46. The summed E-state index contributed by atoms with van der Waals surface area (Å²) in [6.07, 6.45) is 2.65. The van der Waals surface area contributed by atoms with Gasteiger partial charge in [-0.25, -0.2) is 0 Å². The Hall–Kier alpha value is -0.510. The number of rotatable bonds is 3. The second-order valence-corrected chi connectivity index (χ2v) is 6.55. The first kappa shape index (κ1) is 13.6. The Morgan fingerprint density at radius 3 is 2.56 bits per heavy atom. The summed E-state index contributed by atoms with van der Waals surface area (Å²) in [7, 11) is 0. The zero-order valence-corrected chi connectivity index (χ0v) is 11.2. The monoisotopic (exact) mass is 244 g/mol. The highest BCUT2D eigenvalue weighted by atomic mass is 32.2. The third-order valence-electron chi connectivity index (χ3n) is 3.10. The second kappa shape index (κ2) is 5.21. The van der Waals surface area contributed by atoms with E-state index < -0.39 is 0 Å². The van der Waals surface area contributed by atoms with Crippen LogP contribution in [0, 0.1) is 11.8 Å². The number of ketones is 1. The molecule has 1 aliphatic rings. The molecule has 0 N–H and O–H groups in total. The Balaban J connectivity index is 2.60. The molecule has 92 valence electrons. The number of carbonyl (C=O) groups is 2. The fourth-order valence-electron chi connectivity index (χ4n) is 2.16. The Bertz CT molecular complexity index is 286. The fourth-order valence-corrected chi connectivity index (χ4v) is 2.86. The van der Waals surface area contributed by atoms with Crippen molar-refractivity contribution in [2.75, 3.05) is 0 Å². The third kappa shape index (κ3) is 3.51. The average molecular weight is 244 g/mol. The summed E-state index contributed by atoms with van der Waals surface area (Å²) >= 11 is 1.13. The van der Waals surface area contributed by atoms with Gasteiger partial charge in [-0.05, 0) is 32.6 Å². The molecule has 16 heavy (non-hydrogen) atoms. The largest absolute Gasteiger partial charge is 0.391 e. The molecule has 0 radical (unpaired) electrons. The molecule has 0 aromatic rings. The number of hydrogen-bond acceptors (Lipinski definition) is 4. The molecule has 1 aliphatic carbocycles. The van der Waals surface area contributed by atoms with Gasteiger partial charge in [0, 0.05) is 19.3 Å². The zero-order valence-electron chi connectivity index (χ0n) is 10.4. The predicted molar refractivity (Wildman–Crippen MR) is 64.9 cm³/mol. The number of hydrogen-bond donors (Lipinski definition) is 0. The van der Waals surface area contributed by atoms with E-state index >= 15 is 0 Å². The summed E-state index contributed by atoms with van der Waals surface area (Å²) in [5.41, 5.74) is 0. The topological polar surface area (TPSA) is 43.4 Å². The maximum Gasteiger partial charge on any atom is 0.314 e. The van der Waals surface area contributed by atoms with Crippen molar-refractivity contribution in [2.24, 2.45) is 11.8 Å². The van der Waals surface area contributed by atoms with Crippen LogP contribution in [0.4, 0.5) is 0 Å². The molecule has 4 heteroatoms. The molecule has 1 rings (SSSR count). The minimum absolute atomic E-state index is 0.00745. The zero-order chi connectivity index (χ0) is 12.3. The van der Waals surface area contributed by atoms with Gasteiger partial charge in [0.2, 0.25) is 0 Å².